The van der Waals surface area contributed by atoms with Crippen LogP contribution in [0.5, 0.6) is 11.5 Å². The highest BCUT2D eigenvalue weighted by molar-refractivity contribution is 5.93. The number of carbonyl (C=O) groups is 2. The Bertz CT molecular complexity index is 1420. The van der Waals surface area contributed by atoms with Crippen molar-refractivity contribution < 1.29 is 19.1 Å². The van der Waals surface area contributed by atoms with Crippen LogP contribution in [0.15, 0.2) is 54.5 Å². The van der Waals surface area contributed by atoms with E-state index in [1.54, 1.807) is 20.4 Å². The molecule has 2 fully saturated rings. The van der Waals surface area contributed by atoms with Crippen LogP contribution in [0, 0.1) is 0 Å². The van der Waals surface area contributed by atoms with Gasteiger partial charge in [-0.25, -0.2) is 9.78 Å². The van der Waals surface area contributed by atoms with Gasteiger partial charge in [-0.3, -0.25) is 9.69 Å². The van der Waals surface area contributed by atoms with Crippen LogP contribution < -0.4 is 9.47 Å². The highest BCUT2D eigenvalue weighted by Gasteiger charge is 2.55. The number of fused-ring (bicyclic) bond motifs is 4. The Morgan fingerprint density at radius 1 is 1.16 bits per heavy atom. The summed E-state index contributed by atoms with van der Waals surface area (Å²) in [5.41, 5.74) is 3.90. The van der Waals surface area contributed by atoms with Gasteiger partial charge in [0, 0.05) is 55.3 Å². The average molecular weight is 516 g/mol. The van der Waals surface area contributed by atoms with E-state index in [2.05, 4.69) is 18.0 Å². The lowest BCUT2D eigenvalue weighted by Crippen LogP contribution is -2.54. The van der Waals surface area contributed by atoms with Crippen molar-refractivity contribution in [3.8, 4) is 11.5 Å². The van der Waals surface area contributed by atoms with Gasteiger partial charge >= 0.3 is 6.03 Å². The van der Waals surface area contributed by atoms with E-state index in [9.17, 15) is 9.59 Å². The summed E-state index contributed by atoms with van der Waals surface area (Å²) >= 11 is 0. The zero-order valence-electron chi connectivity index (χ0n) is 22.3. The first-order valence-electron chi connectivity index (χ1n) is 13.2. The van der Waals surface area contributed by atoms with Gasteiger partial charge in [-0.15, -0.1) is 0 Å². The standard InChI is InChI=1S/C29H33N5O4/c1-5-34-28(36)33-17-20-15-21(37-3)16-23(38-4)26(20)19(2)14-24(33)29(34)9-12-31(13-10-29)27(35)22-18-32-11-7-6-8-25(32)30-22/h6-8,11,14-16,18-19H,5,9-10,12-13,17H2,1-4H3. The van der Waals surface area contributed by atoms with E-state index in [0.717, 1.165) is 28.2 Å². The first kappa shape index (κ1) is 24.3. The second kappa shape index (κ2) is 9.08. The van der Waals surface area contributed by atoms with Crippen LogP contribution in [0.4, 0.5) is 4.79 Å². The Kier molecular flexibility index (Phi) is 5.81. The molecule has 1 unspecified atom stereocenters. The lowest BCUT2D eigenvalue weighted by atomic mass is 9.82. The van der Waals surface area contributed by atoms with Gasteiger partial charge in [0.15, 0.2) is 0 Å². The molecule has 1 atom stereocenters. The van der Waals surface area contributed by atoms with Crippen molar-refractivity contribution in [2.45, 2.75) is 44.7 Å². The minimum absolute atomic E-state index is 0.0146. The number of benzene rings is 1. The molecule has 0 aliphatic carbocycles. The van der Waals surface area contributed by atoms with Crippen LogP contribution in [0.2, 0.25) is 0 Å². The molecule has 2 saturated heterocycles. The SMILES string of the molecule is CCN1C(=O)N2Cc3cc(OC)cc(OC)c3C(C)C=C2C12CCN(C(=O)c1cn3ccccc3n1)CC2. The number of likely N-dealkylation sites (N-methyl/N-ethyl adjacent to an activating group) is 1. The number of likely N-dealkylation sites (tertiary alicyclic amines) is 1. The molecule has 3 amide bonds. The summed E-state index contributed by atoms with van der Waals surface area (Å²) in [4.78, 5) is 37.5. The predicted molar refractivity (Wildman–Crippen MR) is 142 cm³/mol. The molecule has 0 N–H and O–H groups in total. The number of ether oxygens (including phenoxy) is 2. The number of pyridine rings is 1. The van der Waals surface area contributed by atoms with Crippen LogP contribution in [0.1, 0.15) is 54.2 Å². The quantitative estimate of drug-likeness (QED) is 0.518. The van der Waals surface area contributed by atoms with Gasteiger partial charge in [-0.2, -0.15) is 0 Å². The van der Waals surface area contributed by atoms with Crippen molar-refractivity contribution in [3.63, 3.8) is 0 Å². The second-order valence-corrected chi connectivity index (χ2v) is 10.3. The van der Waals surface area contributed by atoms with Gasteiger partial charge in [-0.1, -0.05) is 19.1 Å². The zero-order valence-corrected chi connectivity index (χ0v) is 22.3. The van der Waals surface area contributed by atoms with Crippen molar-refractivity contribution >= 4 is 17.6 Å². The lowest BCUT2D eigenvalue weighted by molar-refractivity contribution is 0.0571. The topological polar surface area (TPSA) is 79.6 Å². The smallest absolute Gasteiger partial charge is 0.325 e. The lowest BCUT2D eigenvalue weighted by Gasteiger charge is -2.44. The third kappa shape index (κ3) is 3.55. The number of methoxy groups -OCH3 is 2. The summed E-state index contributed by atoms with van der Waals surface area (Å²) in [7, 11) is 3.31. The van der Waals surface area contributed by atoms with E-state index in [1.165, 1.54) is 0 Å². The maximum Gasteiger partial charge on any atom is 0.325 e. The summed E-state index contributed by atoms with van der Waals surface area (Å²) in [6.07, 6.45) is 7.27. The van der Waals surface area contributed by atoms with E-state index in [4.69, 9.17) is 9.47 Å². The Balaban J connectivity index is 1.32. The number of amides is 3. The number of carbonyl (C=O) groups excluding carboxylic acids is 2. The number of allylic oxidation sites excluding steroid dienone is 1. The summed E-state index contributed by atoms with van der Waals surface area (Å²) in [6, 6.07) is 9.65. The van der Waals surface area contributed by atoms with Crippen molar-refractivity contribution in [2.75, 3.05) is 33.9 Å². The maximum absolute atomic E-state index is 13.8. The Morgan fingerprint density at radius 2 is 1.95 bits per heavy atom. The first-order valence-corrected chi connectivity index (χ1v) is 13.2. The zero-order chi connectivity index (χ0) is 26.6. The number of urea groups is 1. The third-order valence-corrected chi connectivity index (χ3v) is 8.37. The minimum atomic E-state index is -0.449. The fourth-order valence-corrected chi connectivity index (χ4v) is 6.54. The van der Waals surface area contributed by atoms with Gasteiger partial charge in [0.05, 0.1) is 26.3 Å². The number of aromatic nitrogens is 2. The molecule has 3 aliphatic rings. The normalized spacial score (nSPS) is 20.3. The highest BCUT2D eigenvalue weighted by atomic mass is 16.5. The fourth-order valence-electron chi connectivity index (χ4n) is 6.54. The highest BCUT2D eigenvalue weighted by Crippen LogP contribution is 2.49. The van der Waals surface area contributed by atoms with Gasteiger partial charge in [0.1, 0.15) is 22.8 Å². The molecule has 38 heavy (non-hydrogen) atoms. The molecule has 1 spiro atoms. The molecule has 3 aromatic rings. The van der Waals surface area contributed by atoms with E-state index in [0.29, 0.717) is 50.5 Å². The molecule has 0 radical (unpaired) electrons. The van der Waals surface area contributed by atoms with Crippen LogP contribution in [0.3, 0.4) is 0 Å². The van der Waals surface area contributed by atoms with Crippen LogP contribution in [-0.4, -0.2) is 75.4 Å². The Morgan fingerprint density at radius 3 is 2.63 bits per heavy atom. The van der Waals surface area contributed by atoms with Gasteiger partial charge in [0.25, 0.3) is 5.91 Å². The maximum atomic E-state index is 13.8. The molecule has 3 aliphatic heterocycles. The van der Waals surface area contributed by atoms with Crippen molar-refractivity contribution in [3.05, 3.63) is 71.3 Å². The summed E-state index contributed by atoms with van der Waals surface area (Å²) < 4.78 is 13.1. The minimum Gasteiger partial charge on any atom is -0.497 e. The molecule has 0 bridgehead atoms. The number of hydrogen-bond donors (Lipinski definition) is 0. The van der Waals surface area contributed by atoms with Crippen LogP contribution >= 0.6 is 0 Å². The molecule has 6 rings (SSSR count). The van der Waals surface area contributed by atoms with Crippen LogP contribution in [-0.2, 0) is 6.54 Å². The monoisotopic (exact) mass is 515 g/mol. The number of hydrogen-bond acceptors (Lipinski definition) is 5. The molecule has 1 aromatic carbocycles. The molecule has 9 heteroatoms. The fraction of sp³-hybridized carbons (Fsp3) is 0.414. The van der Waals surface area contributed by atoms with Crippen molar-refractivity contribution in [2.24, 2.45) is 0 Å². The summed E-state index contributed by atoms with van der Waals surface area (Å²) in [5, 5.41) is 0. The molecule has 9 nitrogen and oxygen atoms in total. The molecule has 5 heterocycles. The Labute approximate surface area is 222 Å². The van der Waals surface area contributed by atoms with E-state index in [-0.39, 0.29) is 17.9 Å². The molecular formula is C29H33N5O4. The largest absolute Gasteiger partial charge is 0.497 e. The van der Waals surface area contributed by atoms with Crippen molar-refractivity contribution in [1.29, 1.82) is 0 Å². The number of piperidine rings is 1. The average Bonchev–Trinajstić information content (AvgIpc) is 3.40. The number of rotatable bonds is 4. The van der Waals surface area contributed by atoms with Crippen LogP contribution in [0.25, 0.3) is 5.65 Å². The van der Waals surface area contributed by atoms with E-state index >= 15 is 0 Å². The van der Waals surface area contributed by atoms with Gasteiger partial charge < -0.3 is 23.7 Å². The second-order valence-electron chi connectivity index (χ2n) is 10.3. The van der Waals surface area contributed by atoms with E-state index < -0.39 is 5.54 Å². The van der Waals surface area contributed by atoms with E-state index in [1.807, 2.05) is 62.6 Å². The molecule has 198 valence electrons. The van der Waals surface area contributed by atoms with Gasteiger partial charge in [-0.05, 0) is 43.5 Å². The number of imidazole rings is 1. The molecular weight excluding hydrogens is 482 g/mol. The van der Waals surface area contributed by atoms with Gasteiger partial charge in [0.2, 0.25) is 0 Å². The Hall–Kier alpha value is -4.01. The third-order valence-electron chi connectivity index (χ3n) is 8.37. The summed E-state index contributed by atoms with van der Waals surface area (Å²) in [5.74, 6) is 1.46. The summed E-state index contributed by atoms with van der Waals surface area (Å²) in [6.45, 7) is 6.36. The molecule has 2 aromatic heterocycles. The first-order chi connectivity index (χ1) is 18.4. The number of nitrogens with zero attached hydrogens (tertiary/aromatic N) is 5. The molecule has 0 saturated carbocycles. The van der Waals surface area contributed by atoms with Crippen molar-refractivity contribution in [1.82, 2.24) is 24.1 Å². The predicted octanol–water partition coefficient (Wildman–Crippen LogP) is 4.29.